The van der Waals surface area contributed by atoms with Crippen LogP contribution in [0.2, 0.25) is 0 Å². The third-order valence-electron chi connectivity index (χ3n) is 3.06. The van der Waals surface area contributed by atoms with Crippen LogP contribution < -0.4 is 5.32 Å². The highest BCUT2D eigenvalue weighted by Crippen LogP contribution is 2.28. The number of benzene rings is 1. The summed E-state index contributed by atoms with van der Waals surface area (Å²) in [6.07, 6.45) is -3.18. The zero-order valence-electron chi connectivity index (χ0n) is 11.9. The van der Waals surface area contributed by atoms with Crippen molar-refractivity contribution in [3.05, 3.63) is 33.8 Å². The topological polar surface area (TPSA) is 12.0 Å². The van der Waals surface area contributed by atoms with Crippen LogP contribution in [0.15, 0.2) is 22.7 Å². The van der Waals surface area contributed by atoms with E-state index in [1.165, 1.54) is 0 Å². The second kappa shape index (κ2) is 8.03. The molecule has 0 aliphatic heterocycles. The average Bonchev–Trinajstić information content (AvgIpc) is 2.30. The van der Waals surface area contributed by atoms with Crippen LogP contribution in [0.25, 0.3) is 0 Å². The Hall–Kier alpha value is -0.550. The Morgan fingerprint density at radius 3 is 2.50 bits per heavy atom. The van der Waals surface area contributed by atoms with Crippen LogP contribution in [-0.2, 0) is 0 Å². The van der Waals surface area contributed by atoms with Crippen molar-refractivity contribution in [1.82, 2.24) is 5.32 Å². The minimum Gasteiger partial charge on any atom is -0.310 e. The Bertz CT molecular complexity index is 398. The van der Waals surface area contributed by atoms with Crippen molar-refractivity contribution in [2.75, 3.05) is 6.54 Å². The highest BCUT2D eigenvalue weighted by atomic mass is 79.9. The Morgan fingerprint density at radius 2 is 1.95 bits per heavy atom. The van der Waals surface area contributed by atoms with Crippen molar-refractivity contribution in [2.24, 2.45) is 0 Å². The second-order valence-corrected chi connectivity index (χ2v) is 5.99. The quantitative estimate of drug-likeness (QED) is 0.680. The molecule has 5 heteroatoms. The van der Waals surface area contributed by atoms with E-state index >= 15 is 0 Å². The Labute approximate surface area is 127 Å². The van der Waals surface area contributed by atoms with Crippen molar-refractivity contribution in [1.29, 1.82) is 0 Å². The third-order valence-corrected chi connectivity index (χ3v) is 3.52. The van der Waals surface area contributed by atoms with Gasteiger partial charge in [-0.2, -0.15) is 13.2 Å². The number of alkyl halides is 3. The van der Waals surface area contributed by atoms with Gasteiger partial charge in [0.15, 0.2) is 0 Å². The van der Waals surface area contributed by atoms with E-state index in [-0.39, 0.29) is 12.5 Å². The normalized spacial score (nSPS) is 13.5. The van der Waals surface area contributed by atoms with Crippen LogP contribution in [0, 0.1) is 6.92 Å². The number of aryl methyl sites for hydroxylation is 1. The van der Waals surface area contributed by atoms with E-state index in [4.69, 9.17) is 0 Å². The molecule has 0 heterocycles. The lowest BCUT2D eigenvalue weighted by Gasteiger charge is -2.20. The molecule has 0 radical (unpaired) electrons. The zero-order valence-corrected chi connectivity index (χ0v) is 13.4. The molecular formula is C15H21BrF3N. The molecule has 0 fully saturated rings. The number of halogens is 4. The van der Waals surface area contributed by atoms with Crippen LogP contribution in [0.5, 0.6) is 0 Å². The largest absolute Gasteiger partial charge is 0.389 e. The molecule has 1 aromatic carbocycles. The van der Waals surface area contributed by atoms with E-state index in [1.54, 1.807) is 0 Å². The van der Waals surface area contributed by atoms with Crippen molar-refractivity contribution in [3.8, 4) is 0 Å². The maximum atomic E-state index is 12.3. The van der Waals surface area contributed by atoms with Gasteiger partial charge in [0, 0.05) is 16.9 Å². The molecule has 1 N–H and O–H groups in total. The molecule has 0 aliphatic rings. The average molecular weight is 352 g/mol. The first-order valence-corrected chi connectivity index (χ1v) is 7.68. The molecule has 1 atom stereocenters. The van der Waals surface area contributed by atoms with E-state index < -0.39 is 12.6 Å². The molecule has 1 unspecified atom stereocenters. The molecular weight excluding hydrogens is 331 g/mol. The van der Waals surface area contributed by atoms with Crippen LogP contribution in [0.3, 0.4) is 0 Å². The fourth-order valence-electron chi connectivity index (χ4n) is 2.18. The summed E-state index contributed by atoms with van der Waals surface area (Å²) in [4.78, 5) is 0. The minimum atomic E-state index is -4.07. The molecule has 0 amide bonds. The minimum absolute atomic E-state index is 0.0199. The summed E-state index contributed by atoms with van der Waals surface area (Å²) in [6.45, 7) is 4.84. The smallest absolute Gasteiger partial charge is 0.310 e. The van der Waals surface area contributed by atoms with E-state index in [2.05, 4.69) is 21.2 Å². The Morgan fingerprint density at radius 1 is 1.25 bits per heavy atom. The monoisotopic (exact) mass is 351 g/mol. The van der Waals surface area contributed by atoms with Crippen LogP contribution in [0.4, 0.5) is 13.2 Å². The summed E-state index contributed by atoms with van der Waals surface area (Å²) in [6, 6.07) is 5.99. The van der Waals surface area contributed by atoms with Crippen molar-refractivity contribution in [2.45, 2.75) is 51.7 Å². The summed E-state index contributed by atoms with van der Waals surface area (Å²) in [5.41, 5.74) is 2.15. The van der Waals surface area contributed by atoms with E-state index in [0.717, 1.165) is 28.6 Å². The van der Waals surface area contributed by atoms with Gasteiger partial charge < -0.3 is 5.32 Å². The SMILES string of the molecule is CCCNC(CCCC(F)(F)F)c1cc(C)cc(Br)c1. The lowest BCUT2D eigenvalue weighted by atomic mass is 9.99. The first-order valence-electron chi connectivity index (χ1n) is 6.89. The third kappa shape index (κ3) is 6.75. The summed E-state index contributed by atoms with van der Waals surface area (Å²) in [5, 5.41) is 3.34. The Balaban J connectivity index is 2.72. The lowest BCUT2D eigenvalue weighted by Crippen LogP contribution is -2.23. The fourth-order valence-corrected chi connectivity index (χ4v) is 2.80. The molecule has 0 saturated carbocycles. The number of rotatable bonds is 7. The van der Waals surface area contributed by atoms with Crippen molar-refractivity contribution >= 4 is 15.9 Å². The van der Waals surface area contributed by atoms with Gasteiger partial charge >= 0.3 is 6.18 Å². The fraction of sp³-hybridized carbons (Fsp3) is 0.600. The summed E-state index contributed by atoms with van der Waals surface area (Å²) >= 11 is 3.44. The first kappa shape index (κ1) is 17.5. The highest BCUT2D eigenvalue weighted by molar-refractivity contribution is 9.10. The molecule has 0 aromatic heterocycles. The van der Waals surface area contributed by atoms with Crippen LogP contribution in [0.1, 0.15) is 49.8 Å². The standard InChI is InChI=1S/C15H21BrF3N/c1-3-7-20-14(5-4-6-15(17,18)19)12-8-11(2)9-13(16)10-12/h8-10,14,20H,3-7H2,1-2H3. The van der Waals surface area contributed by atoms with E-state index in [9.17, 15) is 13.2 Å². The molecule has 1 rings (SSSR count). The van der Waals surface area contributed by atoms with Gasteiger partial charge in [-0.25, -0.2) is 0 Å². The van der Waals surface area contributed by atoms with E-state index in [1.807, 2.05) is 32.0 Å². The molecule has 0 aliphatic carbocycles. The Kier molecular flexibility index (Phi) is 7.03. The van der Waals surface area contributed by atoms with Crippen molar-refractivity contribution < 1.29 is 13.2 Å². The maximum absolute atomic E-state index is 12.3. The molecule has 114 valence electrons. The number of hydrogen-bond donors (Lipinski definition) is 1. The highest BCUT2D eigenvalue weighted by Gasteiger charge is 2.26. The second-order valence-electron chi connectivity index (χ2n) is 5.08. The predicted molar refractivity (Wildman–Crippen MR) is 79.8 cm³/mol. The molecule has 1 aromatic rings. The van der Waals surface area contributed by atoms with Gasteiger partial charge in [-0.3, -0.25) is 0 Å². The van der Waals surface area contributed by atoms with Crippen molar-refractivity contribution in [3.63, 3.8) is 0 Å². The molecule has 0 spiro atoms. The first-order chi connectivity index (χ1) is 9.31. The number of nitrogens with one attached hydrogen (secondary N) is 1. The lowest BCUT2D eigenvalue weighted by molar-refractivity contribution is -0.135. The zero-order chi connectivity index (χ0) is 15.2. The molecule has 20 heavy (non-hydrogen) atoms. The van der Waals surface area contributed by atoms with Crippen LogP contribution in [-0.4, -0.2) is 12.7 Å². The molecule has 1 nitrogen and oxygen atoms in total. The summed E-state index contributed by atoms with van der Waals surface area (Å²) in [7, 11) is 0. The van der Waals surface area contributed by atoms with Gasteiger partial charge in [-0.15, -0.1) is 0 Å². The van der Waals surface area contributed by atoms with Gasteiger partial charge in [0.25, 0.3) is 0 Å². The predicted octanol–water partition coefficient (Wildman–Crippen LogP) is 5.53. The molecule has 0 saturated heterocycles. The van der Waals surface area contributed by atoms with E-state index in [0.29, 0.717) is 6.42 Å². The van der Waals surface area contributed by atoms with Gasteiger partial charge in [0.05, 0.1) is 0 Å². The molecule has 0 bridgehead atoms. The van der Waals surface area contributed by atoms with Gasteiger partial charge in [0.1, 0.15) is 0 Å². The van der Waals surface area contributed by atoms with Gasteiger partial charge in [-0.1, -0.05) is 28.9 Å². The van der Waals surface area contributed by atoms with Crippen LogP contribution >= 0.6 is 15.9 Å². The van der Waals surface area contributed by atoms with Gasteiger partial charge in [-0.05, 0) is 56.0 Å². The summed E-state index contributed by atoms with van der Waals surface area (Å²) < 4.78 is 37.7. The number of hydrogen-bond acceptors (Lipinski definition) is 1. The summed E-state index contributed by atoms with van der Waals surface area (Å²) in [5.74, 6) is 0. The van der Waals surface area contributed by atoms with Gasteiger partial charge in [0.2, 0.25) is 0 Å². The maximum Gasteiger partial charge on any atom is 0.389 e.